The van der Waals surface area contributed by atoms with Crippen molar-refractivity contribution in [2.45, 2.75) is 6.42 Å². The lowest BCUT2D eigenvalue weighted by atomic mass is 10.1. The Morgan fingerprint density at radius 3 is 2.63 bits per heavy atom. The van der Waals surface area contributed by atoms with E-state index in [2.05, 4.69) is 6.58 Å². The fraction of sp³-hybridized carbons (Fsp3) is 0.143. The molecule has 0 aliphatic rings. The van der Waals surface area contributed by atoms with Crippen LogP contribution in [0.5, 0.6) is 11.5 Å². The highest BCUT2D eigenvalue weighted by atomic mass is 16.6. The molecule has 0 fully saturated rings. The number of carboxylic acid groups (broad SMARTS) is 1. The van der Waals surface area contributed by atoms with Crippen LogP contribution in [0, 0.1) is 0 Å². The number of aliphatic carboxylic acids is 1. The summed E-state index contributed by atoms with van der Waals surface area (Å²) in [6, 6.07) is 5.09. The zero-order valence-electron chi connectivity index (χ0n) is 10.5. The highest BCUT2D eigenvalue weighted by Crippen LogP contribution is 2.28. The van der Waals surface area contributed by atoms with E-state index in [1.807, 2.05) is 0 Å². The molecular formula is C14H14O5. The molecule has 0 unspecified atom stereocenters. The summed E-state index contributed by atoms with van der Waals surface area (Å²) in [5.41, 5.74) is 0.965. The van der Waals surface area contributed by atoms with Crippen molar-refractivity contribution in [1.82, 2.24) is 0 Å². The van der Waals surface area contributed by atoms with Crippen LogP contribution in [0.2, 0.25) is 0 Å². The van der Waals surface area contributed by atoms with Gasteiger partial charge in [-0.1, -0.05) is 12.1 Å². The quantitative estimate of drug-likeness (QED) is 0.367. The van der Waals surface area contributed by atoms with E-state index in [0.717, 1.165) is 11.6 Å². The van der Waals surface area contributed by atoms with Crippen LogP contribution < -0.4 is 9.47 Å². The van der Waals surface area contributed by atoms with Crippen LogP contribution in [0.25, 0.3) is 0 Å². The van der Waals surface area contributed by atoms with Crippen LogP contribution >= 0.6 is 0 Å². The van der Waals surface area contributed by atoms with Gasteiger partial charge in [-0.15, -0.1) is 6.58 Å². The minimum absolute atomic E-state index is 0.232. The summed E-state index contributed by atoms with van der Waals surface area (Å²) in [6.45, 7) is 3.63. The molecule has 100 valence electrons. The first-order valence-electron chi connectivity index (χ1n) is 5.47. The van der Waals surface area contributed by atoms with Gasteiger partial charge < -0.3 is 14.6 Å². The van der Waals surface area contributed by atoms with Crippen molar-refractivity contribution in [3.8, 4) is 11.5 Å². The third-order valence-electron chi connectivity index (χ3n) is 2.18. The van der Waals surface area contributed by atoms with Gasteiger partial charge in [0, 0.05) is 12.2 Å². The maximum Gasteiger partial charge on any atom is 0.336 e. The zero-order valence-corrected chi connectivity index (χ0v) is 10.5. The van der Waals surface area contributed by atoms with E-state index in [-0.39, 0.29) is 5.75 Å². The number of benzene rings is 1. The molecule has 1 N–H and O–H groups in total. The lowest BCUT2D eigenvalue weighted by Crippen LogP contribution is -2.06. The summed E-state index contributed by atoms with van der Waals surface area (Å²) >= 11 is 0. The summed E-state index contributed by atoms with van der Waals surface area (Å²) in [5.74, 6) is -1.37. The van der Waals surface area contributed by atoms with Gasteiger partial charge in [0.1, 0.15) is 0 Å². The van der Waals surface area contributed by atoms with Gasteiger partial charge in [0.05, 0.1) is 7.11 Å². The normalized spacial score (nSPS) is 10.2. The van der Waals surface area contributed by atoms with Gasteiger partial charge in [-0.2, -0.15) is 0 Å². The maximum atomic E-state index is 11.4. The van der Waals surface area contributed by atoms with Crippen LogP contribution in [0.3, 0.4) is 0 Å². The molecule has 0 heterocycles. The second-order valence-corrected chi connectivity index (χ2v) is 3.57. The summed E-state index contributed by atoms with van der Waals surface area (Å²) in [7, 11) is 1.46. The van der Waals surface area contributed by atoms with Crippen molar-refractivity contribution < 1.29 is 24.2 Å². The van der Waals surface area contributed by atoms with Crippen LogP contribution in [0.1, 0.15) is 5.56 Å². The lowest BCUT2D eigenvalue weighted by Gasteiger charge is -2.09. The SMILES string of the molecule is C=CCc1ccc(OC(=O)/C=C/C(=O)O)c(OC)c1. The van der Waals surface area contributed by atoms with Crippen molar-refractivity contribution >= 4 is 11.9 Å². The molecule has 0 bridgehead atoms. The highest BCUT2D eigenvalue weighted by Gasteiger charge is 2.09. The number of rotatable bonds is 6. The number of hydrogen-bond acceptors (Lipinski definition) is 4. The van der Waals surface area contributed by atoms with Gasteiger partial charge in [-0.05, 0) is 24.1 Å². The van der Waals surface area contributed by atoms with Gasteiger partial charge in [0.15, 0.2) is 11.5 Å². The summed E-state index contributed by atoms with van der Waals surface area (Å²) in [5, 5.41) is 8.40. The van der Waals surface area contributed by atoms with Crippen LogP contribution in [-0.2, 0) is 16.0 Å². The number of allylic oxidation sites excluding steroid dienone is 1. The predicted octanol–water partition coefficient (Wildman–Crippen LogP) is 1.97. The molecule has 0 amide bonds. The number of carbonyl (C=O) groups is 2. The van der Waals surface area contributed by atoms with Crippen molar-refractivity contribution in [3.05, 3.63) is 48.6 Å². The first kappa shape index (κ1) is 14.5. The molecule has 0 spiro atoms. The number of carboxylic acids is 1. The minimum Gasteiger partial charge on any atom is -0.493 e. The number of methoxy groups -OCH3 is 1. The standard InChI is InChI=1S/C14H14O5/c1-3-4-10-5-6-11(12(9-10)18-2)19-14(17)8-7-13(15)16/h3,5-9H,1,4H2,2H3,(H,15,16)/b8-7+. The largest absolute Gasteiger partial charge is 0.493 e. The average Bonchev–Trinajstić information content (AvgIpc) is 2.38. The molecule has 1 rings (SSSR count). The molecule has 0 saturated heterocycles. The molecular weight excluding hydrogens is 248 g/mol. The molecule has 0 aliphatic heterocycles. The summed E-state index contributed by atoms with van der Waals surface area (Å²) < 4.78 is 10.1. The first-order chi connectivity index (χ1) is 9.06. The van der Waals surface area contributed by atoms with Crippen LogP contribution in [-0.4, -0.2) is 24.2 Å². The first-order valence-corrected chi connectivity index (χ1v) is 5.47. The van der Waals surface area contributed by atoms with E-state index in [9.17, 15) is 9.59 Å². The van der Waals surface area contributed by atoms with Gasteiger partial charge in [0.25, 0.3) is 0 Å². The third kappa shape index (κ3) is 4.67. The topological polar surface area (TPSA) is 72.8 Å². The fourth-order valence-corrected chi connectivity index (χ4v) is 1.37. The summed E-state index contributed by atoms with van der Waals surface area (Å²) in [6.07, 6.45) is 3.96. The number of carbonyl (C=O) groups excluding carboxylic acids is 1. The Balaban J connectivity index is 2.85. The minimum atomic E-state index is -1.22. The number of ether oxygens (including phenoxy) is 2. The van der Waals surface area contributed by atoms with E-state index in [0.29, 0.717) is 18.2 Å². The number of esters is 1. The second kappa shape index (κ2) is 7.00. The van der Waals surface area contributed by atoms with Crippen molar-refractivity contribution in [2.24, 2.45) is 0 Å². The smallest absolute Gasteiger partial charge is 0.336 e. The molecule has 1 aromatic carbocycles. The Kier molecular flexibility index (Phi) is 5.35. The fourth-order valence-electron chi connectivity index (χ4n) is 1.37. The summed E-state index contributed by atoms with van der Waals surface area (Å²) in [4.78, 5) is 21.6. The maximum absolute atomic E-state index is 11.4. The lowest BCUT2D eigenvalue weighted by molar-refractivity contribution is -0.133. The van der Waals surface area contributed by atoms with E-state index >= 15 is 0 Å². The Morgan fingerprint density at radius 2 is 2.05 bits per heavy atom. The second-order valence-electron chi connectivity index (χ2n) is 3.57. The predicted molar refractivity (Wildman–Crippen MR) is 69.3 cm³/mol. The van der Waals surface area contributed by atoms with Gasteiger partial charge in [-0.3, -0.25) is 0 Å². The van der Waals surface area contributed by atoms with E-state index in [4.69, 9.17) is 14.6 Å². The van der Waals surface area contributed by atoms with Crippen molar-refractivity contribution in [2.75, 3.05) is 7.11 Å². The molecule has 5 heteroatoms. The van der Waals surface area contributed by atoms with Gasteiger partial charge >= 0.3 is 11.9 Å². The Morgan fingerprint density at radius 1 is 1.32 bits per heavy atom. The van der Waals surface area contributed by atoms with Crippen molar-refractivity contribution in [3.63, 3.8) is 0 Å². The van der Waals surface area contributed by atoms with E-state index in [1.165, 1.54) is 7.11 Å². The molecule has 5 nitrogen and oxygen atoms in total. The van der Waals surface area contributed by atoms with Crippen LogP contribution in [0.15, 0.2) is 43.0 Å². The van der Waals surface area contributed by atoms with Gasteiger partial charge in [-0.25, -0.2) is 9.59 Å². The van der Waals surface area contributed by atoms with Crippen molar-refractivity contribution in [1.29, 1.82) is 0 Å². The third-order valence-corrected chi connectivity index (χ3v) is 2.18. The molecule has 0 aromatic heterocycles. The molecule has 0 atom stereocenters. The highest BCUT2D eigenvalue weighted by molar-refractivity contribution is 5.91. The molecule has 0 saturated carbocycles. The number of hydrogen-bond donors (Lipinski definition) is 1. The Hall–Kier alpha value is -2.56. The van der Waals surface area contributed by atoms with Crippen LogP contribution in [0.4, 0.5) is 0 Å². The van der Waals surface area contributed by atoms with E-state index < -0.39 is 11.9 Å². The van der Waals surface area contributed by atoms with E-state index in [1.54, 1.807) is 24.3 Å². The monoisotopic (exact) mass is 262 g/mol. The molecule has 19 heavy (non-hydrogen) atoms. The molecule has 0 radical (unpaired) electrons. The Labute approximate surface area is 110 Å². The molecule has 0 aliphatic carbocycles. The van der Waals surface area contributed by atoms with Gasteiger partial charge in [0.2, 0.25) is 0 Å². The zero-order chi connectivity index (χ0) is 14.3. The molecule has 1 aromatic rings. The average molecular weight is 262 g/mol. The Bertz CT molecular complexity index is 517.